The van der Waals surface area contributed by atoms with Gasteiger partial charge in [0, 0.05) is 12.6 Å². The van der Waals surface area contributed by atoms with Crippen LogP contribution in [0.1, 0.15) is 11.1 Å². The maximum Gasteiger partial charge on any atom is 0.238 e. The van der Waals surface area contributed by atoms with Gasteiger partial charge >= 0.3 is 0 Å². The lowest BCUT2D eigenvalue weighted by Crippen LogP contribution is -2.27. The van der Waals surface area contributed by atoms with Crippen LogP contribution in [0.2, 0.25) is 0 Å². The van der Waals surface area contributed by atoms with Gasteiger partial charge in [0.15, 0.2) is 0 Å². The zero-order chi connectivity index (χ0) is 16.7. The maximum atomic E-state index is 12.1. The number of anilines is 1. The molecule has 5 heteroatoms. The second kappa shape index (κ2) is 8.19. The third kappa shape index (κ3) is 5.00. The van der Waals surface area contributed by atoms with Crippen molar-refractivity contribution >= 4 is 11.6 Å². The molecule has 0 atom stereocenters. The average molecular weight is 314 g/mol. The number of hydrogen-bond donors (Lipinski definition) is 2. The number of carbonyl (C=O) groups excluding carboxylic acids is 1. The van der Waals surface area contributed by atoms with E-state index in [2.05, 4.69) is 22.8 Å². The van der Waals surface area contributed by atoms with Gasteiger partial charge in [0.1, 0.15) is 11.5 Å². The van der Waals surface area contributed by atoms with Gasteiger partial charge in [0.2, 0.25) is 5.91 Å². The van der Waals surface area contributed by atoms with E-state index in [1.807, 2.05) is 19.1 Å². The monoisotopic (exact) mass is 314 g/mol. The fraction of sp³-hybridized carbons (Fsp3) is 0.278. The molecule has 23 heavy (non-hydrogen) atoms. The van der Waals surface area contributed by atoms with Crippen molar-refractivity contribution in [2.75, 3.05) is 26.1 Å². The molecule has 1 amide bonds. The summed E-state index contributed by atoms with van der Waals surface area (Å²) in [6, 6.07) is 13.5. The molecule has 0 aliphatic rings. The van der Waals surface area contributed by atoms with Gasteiger partial charge in [-0.25, -0.2) is 0 Å². The molecular weight excluding hydrogens is 292 g/mol. The first-order chi connectivity index (χ1) is 11.1. The molecule has 2 rings (SSSR count). The molecule has 0 aromatic heterocycles. The van der Waals surface area contributed by atoms with E-state index in [4.69, 9.17) is 9.47 Å². The summed E-state index contributed by atoms with van der Waals surface area (Å²) in [6.45, 7) is 2.91. The van der Waals surface area contributed by atoms with Gasteiger partial charge in [-0.3, -0.25) is 4.79 Å². The molecule has 5 nitrogen and oxygen atoms in total. The van der Waals surface area contributed by atoms with Crippen LogP contribution < -0.4 is 20.1 Å². The summed E-state index contributed by atoms with van der Waals surface area (Å²) in [6.07, 6.45) is 0. The zero-order valence-electron chi connectivity index (χ0n) is 13.7. The Kier molecular flexibility index (Phi) is 6.00. The number of benzene rings is 2. The molecular formula is C18H22N2O3. The van der Waals surface area contributed by atoms with Gasteiger partial charge in [-0.1, -0.05) is 29.8 Å². The highest BCUT2D eigenvalue weighted by molar-refractivity contribution is 5.93. The molecule has 0 saturated heterocycles. The molecule has 0 saturated carbocycles. The Balaban J connectivity index is 1.88. The Morgan fingerprint density at radius 1 is 1.04 bits per heavy atom. The van der Waals surface area contributed by atoms with Crippen molar-refractivity contribution < 1.29 is 14.3 Å². The lowest BCUT2D eigenvalue weighted by atomic mass is 10.1. The van der Waals surface area contributed by atoms with Crippen molar-refractivity contribution in [3.8, 4) is 11.5 Å². The Morgan fingerprint density at radius 2 is 1.78 bits per heavy atom. The smallest absolute Gasteiger partial charge is 0.238 e. The van der Waals surface area contributed by atoms with Crippen LogP contribution in [0.4, 0.5) is 5.69 Å². The van der Waals surface area contributed by atoms with Gasteiger partial charge in [-0.2, -0.15) is 0 Å². The SMILES string of the molecule is COc1ccc(OC)c(NC(=O)CNCc2ccc(C)cc2)c1. The van der Waals surface area contributed by atoms with Crippen molar-refractivity contribution in [1.29, 1.82) is 0 Å². The fourth-order valence-electron chi connectivity index (χ4n) is 2.13. The number of nitrogens with one attached hydrogen (secondary N) is 2. The van der Waals surface area contributed by atoms with Crippen LogP contribution in [-0.4, -0.2) is 26.7 Å². The highest BCUT2D eigenvalue weighted by Gasteiger charge is 2.08. The molecule has 2 aromatic rings. The second-order valence-corrected chi connectivity index (χ2v) is 5.20. The number of hydrogen-bond acceptors (Lipinski definition) is 4. The molecule has 0 radical (unpaired) electrons. The van der Waals surface area contributed by atoms with Gasteiger partial charge in [0.05, 0.1) is 26.5 Å². The first kappa shape index (κ1) is 16.8. The van der Waals surface area contributed by atoms with E-state index in [9.17, 15) is 4.79 Å². The van der Waals surface area contributed by atoms with Gasteiger partial charge in [0.25, 0.3) is 0 Å². The van der Waals surface area contributed by atoms with E-state index >= 15 is 0 Å². The van der Waals surface area contributed by atoms with E-state index in [1.54, 1.807) is 32.4 Å². The molecule has 0 bridgehead atoms. The van der Waals surface area contributed by atoms with Crippen LogP contribution in [0.3, 0.4) is 0 Å². The summed E-state index contributed by atoms with van der Waals surface area (Å²) in [7, 11) is 3.14. The minimum atomic E-state index is -0.135. The Morgan fingerprint density at radius 3 is 2.43 bits per heavy atom. The zero-order valence-corrected chi connectivity index (χ0v) is 13.7. The minimum absolute atomic E-state index is 0.135. The molecule has 0 unspecified atom stereocenters. The Labute approximate surface area is 136 Å². The number of carbonyl (C=O) groups is 1. The maximum absolute atomic E-state index is 12.1. The molecule has 2 aromatic carbocycles. The van der Waals surface area contributed by atoms with Crippen molar-refractivity contribution in [3.63, 3.8) is 0 Å². The van der Waals surface area contributed by atoms with Crippen LogP contribution in [0, 0.1) is 6.92 Å². The summed E-state index contributed by atoms with van der Waals surface area (Å²) in [5.74, 6) is 1.12. The van der Waals surface area contributed by atoms with E-state index < -0.39 is 0 Å². The number of rotatable bonds is 7. The molecule has 122 valence electrons. The van der Waals surface area contributed by atoms with E-state index in [1.165, 1.54) is 5.56 Å². The first-order valence-corrected chi connectivity index (χ1v) is 7.40. The molecule has 0 heterocycles. The summed E-state index contributed by atoms with van der Waals surface area (Å²) < 4.78 is 10.4. The molecule has 0 aliphatic carbocycles. The van der Waals surface area contributed by atoms with Crippen molar-refractivity contribution in [1.82, 2.24) is 5.32 Å². The van der Waals surface area contributed by atoms with Crippen LogP contribution in [-0.2, 0) is 11.3 Å². The summed E-state index contributed by atoms with van der Waals surface area (Å²) in [5, 5.41) is 5.95. The largest absolute Gasteiger partial charge is 0.497 e. The normalized spacial score (nSPS) is 10.2. The van der Waals surface area contributed by atoms with Gasteiger partial charge in [-0.05, 0) is 24.6 Å². The topological polar surface area (TPSA) is 59.6 Å². The lowest BCUT2D eigenvalue weighted by molar-refractivity contribution is -0.115. The van der Waals surface area contributed by atoms with Gasteiger partial charge < -0.3 is 20.1 Å². The molecule has 2 N–H and O–H groups in total. The first-order valence-electron chi connectivity index (χ1n) is 7.40. The van der Waals surface area contributed by atoms with Gasteiger partial charge in [-0.15, -0.1) is 0 Å². The molecule has 0 fully saturated rings. The third-order valence-corrected chi connectivity index (χ3v) is 3.42. The highest BCUT2D eigenvalue weighted by Crippen LogP contribution is 2.28. The van der Waals surface area contributed by atoms with Crippen LogP contribution in [0.15, 0.2) is 42.5 Å². The lowest BCUT2D eigenvalue weighted by Gasteiger charge is -2.12. The standard InChI is InChI=1S/C18H22N2O3/c1-13-4-6-14(7-5-13)11-19-12-18(21)20-16-10-15(22-2)8-9-17(16)23-3/h4-10,19H,11-12H2,1-3H3,(H,20,21). The number of aryl methyl sites for hydroxylation is 1. The van der Waals surface area contributed by atoms with E-state index in [-0.39, 0.29) is 12.5 Å². The third-order valence-electron chi connectivity index (χ3n) is 3.42. The summed E-state index contributed by atoms with van der Waals surface area (Å²) in [4.78, 5) is 12.1. The Hall–Kier alpha value is -2.53. The number of methoxy groups -OCH3 is 2. The van der Waals surface area contributed by atoms with Crippen molar-refractivity contribution in [3.05, 3.63) is 53.6 Å². The quantitative estimate of drug-likeness (QED) is 0.825. The molecule has 0 spiro atoms. The number of ether oxygens (including phenoxy) is 2. The fourth-order valence-corrected chi connectivity index (χ4v) is 2.13. The predicted molar refractivity (Wildman–Crippen MR) is 91.1 cm³/mol. The minimum Gasteiger partial charge on any atom is -0.497 e. The van der Waals surface area contributed by atoms with Crippen molar-refractivity contribution in [2.45, 2.75) is 13.5 Å². The number of amides is 1. The van der Waals surface area contributed by atoms with E-state index in [0.717, 1.165) is 5.56 Å². The summed E-state index contributed by atoms with van der Waals surface area (Å²) in [5.41, 5.74) is 2.95. The average Bonchev–Trinajstić information content (AvgIpc) is 2.56. The predicted octanol–water partition coefficient (Wildman–Crippen LogP) is 2.74. The van der Waals surface area contributed by atoms with Crippen LogP contribution in [0.5, 0.6) is 11.5 Å². The summed E-state index contributed by atoms with van der Waals surface area (Å²) >= 11 is 0. The van der Waals surface area contributed by atoms with Crippen LogP contribution >= 0.6 is 0 Å². The molecule has 0 aliphatic heterocycles. The van der Waals surface area contributed by atoms with Crippen molar-refractivity contribution in [2.24, 2.45) is 0 Å². The van der Waals surface area contributed by atoms with E-state index in [0.29, 0.717) is 23.7 Å². The highest BCUT2D eigenvalue weighted by atomic mass is 16.5. The Bertz CT molecular complexity index is 654. The second-order valence-electron chi connectivity index (χ2n) is 5.20. The van der Waals surface area contributed by atoms with Crippen LogP contribution in [0.25, 0.3) is 0 Å².